The second-order valence-electron chi connectivity index (χ2n) is 6.73. The van der Waals surface area contributed by atoms with Gasteiger partial charge in [0, 0.05) is 18.1 Å². The molecule has 0 spiro atoms. The number of hydrogen-bond donors (Lipinski definition) is 1. The number of hydrogen-bond acceptors (Lipinski definition) is 5. The topological polar surface area (TPSA) is 78.3 Å². The van der Waals surface area contributed by atoms with E-state index in [9.17, 15) is 4.79 Å². The maximum atomic E-state index is 12.9. The predicted octanol–water partition coefficient (Wildman–Crippen LogP) is 3.55. The van der Waals surface area contributed by atoms with Gasteiger partial charge in [0.15, 0.2) is 5.69 Å². The third kappa shape index (κ3) is 3.43. The van der Waals surface area contributed by atoms with Gasteiger partial charge in [-0.1, -0.05) is 18.2 Å². The number of benzene rings is 2. The van der Waals surface area contributed by atoms with Gasteiger partial charge in [-0.05, 0) is 39.0 Å². The fraction of sp³-hybridized carbons (Fsp3) is 0.286. The van der Waals surface area contributed by atoms with Gasteiger partial charge in [-0.2, -0.15) is 9.90 Å². The molecule has 2 heterocycles. The Bertz CT molecular complexity index is 1010. The molecule has 4 rings (SSSR count). The summed E-state index contributed by atoms with van der Waals surface area (Å²) in [6, 6.07) is 13.2. The summed E-state index contributed by atoms with van der Waals surface area (Å²) in [5.41, 5.74) is 3.25. The largest absolute Gasteiger partial charge is 0.492 e. The van der Waals surface area contributed by atoms with Crippen LogP contribution < -0.4 is 14.8 Å². The van der Waals surface area contributed by atoms with E-state index in [1.165, 1.54) is 4.80 Å². The van der Waals surface area contributed by atoms with Gasteiger partial charge in [0.2, 0.25) is 0 Å². The summed E-state index contributed by atoms with van der Waals surface area (Å²) in [6.45, 7) is 6.19. The van der Waals surface area contributed by atoms with E-state index in [-0.39, 0.29) is 17.7 Å². The van der Waals surface area contributed by atoms with Gasteiger partial charge in [-0.15, -0.1) is 5.10 Å². The molecular weight excluding hydrogens is 356 g/mol. The molecule has 7 heteroatoms. The van der Waals surface area contributed by atoms with E-state index < -0.39 is 0 Å². The molecule has 0 saturated heterocycles. The van der Waals surface area contributed by atoms with Crippen LogP contribution in [-0.4, -0.2) is 33.6 Å². The molecule has 0 radical (unpaired) electrons. The summed E-state index contributed by atoms with van der Waals surface area (Å²) < 4.78 is 11.5. The molecule has 3 aromatic rings. The Labute approximate surface area is 163 Å². The lowest BCUT2D eigenvalue weighted by Gasteiger charge is -2.13. The first-order chi connectivity index (χ1) is 13.5. The molecule has 0 aliphatic carbocycles. The molecule has 0 saturated carbocycles. The van der Waals surface area contributed by atoms with E-state index in [1.54, 1.807) is 6.92 Å². The van der Waals surface area contributed by atoms with Crippen molar-refractivity contribution in [3.63, 3.8) is 0 Å². The Morgan fingerprint density at radius 2 is 2.07 bits per heavy atom. The lowest BCUT2D eigenvalue weighted by atomic mass is 10.1. The molecule has 0 unspecified atom stereocenters. The third-order valence-electron chi connectivity index (χ3n) is 4.53. The molecule has 7 nitrogen and oxygen atoms in total. The van der Waals surface area contributed by atoms with Gasteiger partial charge in [-0.25, -0.2) is 0 Å². The molecule has 1 aliphatic rings. The van der Waals surface area contributed by atoms with Crippen LogP contribution >= 0.6 is 0 Å². The zero-order valence-electron chi connectivity index (χ0n) is 16.1. The van der Waals surface area contributed by atoms with E-state index in [4.69, 9.17) is 9.47 Å². The number of aryl methyl sites for hydroxylation is 1. The van der Waals surface area contributed by atoms with E-state index >= 15 is 0 Å². The number of rotatable bonds is 5. The van der Waals surface area contributed by atoms with Crippen molar-refractivity contribution >= 4 is 11.6 Å². The number of fused-ring (bicyclic) bond motifs is 1. The van der Waals surface area contributed by atoms with Crippen LogP contribution in [0.5, 0.6) is 11.5 Å². The maximum Gasteiger partial charge on any atom is 0.278 e. The first kappa shape index (κ1) is 18.0. The lowest BCUT2D eigenvalue weighted by molar-refractivity contribution is 0.102. The summed E-state index contributed by atoms with van der Waals surface area (Å²) in [4.78, 5) is 14.3. The van der Waals surface area contributed by atoms with Crippen molar-refractivity contribution in [1.82, 2.24) is 15.0 Å². The van der Waals surface area contributed by atoms with Gasteiger partial charge in [-0.3, -0.25) is 4.79 Å². The van der Waals surface area contributed by atoms with Crippen molar-refractivity contribution in [2.45, 2.75) is 33.3 Å². The first-order valence-electron chi connectivity index (χ1n) is 9.32. The average Bonchev–Trinajstić information content (AvgIpc) is 3.24. The summed E-state index contributed by atoms with van der Waals surface area (Å²) in [5.74, 6) is 1.06. The van der Waals surface area contributed by atoms with Gasteiger partial charge in [0.1, 0.15) is 17.6 Å². The van der Waals surface area contributed by atoms with E-state index in [0.29, 0.717) is 23.7 Å². The lowest BCUT2D eigenvalue weighted by Crippen LogP contribution is -2.15. The van der Waals surface area contributed by atoms with Crippen LogP contribution in [0.1, 0.15) is 35.6 Å². The van der Waals surface area contributed by atoms with E-state index in [2.05, 4.69) is 15.5 Å². The SMILES string of the molecule is CCOc1cc2c(cc1NC(=O)c1nn(-c3ccccc3)nc1C)O[C@@H](C)C2. The number of nitrogens with zero attached hydrogens (tertiary/aromatic N) is 3. The summed E-state index contributed by atoms with van der Waals surface area (Å²) in [5, 5.41) is 11.6. The highest BCUT2D eigenvalue weighted by Crippen LogP contribution is 2.38. The molecule has 28 heavy (non-hydrogen) atoms. The van der Waals surface area contributed by atoms with Crippen molar-refractivity contribution < 1.29 is 14.3 Å². The Balaban J connectivity index is 1.62. The fourth-order valence-electron chi connectivity index (χ4n) is 3.26. The zero-order chi connectivity index (χ0) is 19.7. The smallest absolute Gasteiger partial charge is 0.278 e. The average molecular weight is 378 g/mol. The molecule has 1 N–H and O–H groups in total. The van der Waals surface area contributed by atoms with Crippen LogP contribution in [0.15, 0.2) is 42.5 Å². The number of nitrogens with one attached hydrogen (secondary N) is 1. The molecule has 144 valence electrons. The third-order valence-corrected chi connectivity index (χ3v) is 4.53. The van der Waals surface area contributed by atoms with Gasteiger partial charge in [0.25, 0.3) is 5.91 Å². The molecule has 0 bridgehead atoms. The first-order valence-corrected chi connectivity index (χ1v) is 9.32. The normalized spacial score (nSPS) is 15.0. The Hall–Kier alpha value is -3.35. The number of carbonyl (C=O) groups is 1. The highest BCUT2D eigenvalue weighted by atomic mass is 16.5. The van der Waals surface area contributed by atoms with Crippen molar-refractivity contribution in [2.24, 2.45) is 0 Å². The van der Waals surface area contributed by atoms with Crippen LogP contribution in [-0.2, 0) is 6.42 Å². The number of anilines is 1. The summed E-state index contributed by atoms with van der Waals surface area (Å²) >= 11 is 0. The second-order valence-corrected chi connectivity index (χ2v) is 6.73. The Kier molecular flexibility index (Phi) is 4.73. The molecule has 2 aromatic carbocycles. The molecule has 1 amide bonds. The monoisotopic (exact) mass is 378 g/mol. The highest BCUT2D eigenvalue weighted by molar-refractivity contribution is 6.04. The van der Waals surface area contributed by atoms with E-state index in [1.807, 2.05) is 56.3 Å². The minimum atomic E-state index is -0.341. The van der Waals surface area contributed by atoms with Gasteiger partial charge >= 0.3 is 0 Å². The predicted molar refractivity (Wildman–Crippen MR) is 105 cm³/mol. The van der Waals surface area contributed by atoms with Crippen molar-refractivity contribution in [1.29, 1.82) is 0 Å². The van der Waals surface area contributed by atoms with Crippen LogP contribution in [0.2, 0.25) is 0 Å². The minimum absolute atomic E-state index is 0.114. The number of para-hydroxylation sites is 1. The van der Waals surface area contributed by atoms with E-state index in [0.717, 1.165) is 23.4 Å². The van der Waals surface area contributed by atoms with Crippen LogP contribution in [0, 0.1) is 6.92 Å². The Morgan fingerprint density at radius 3 is 2.82 bits per heavy atom. The van der Waals surface area contributed by atoms with Crippen molar-refractivity contribution in [3.8, 4) is 17.2 Å². The van der Waals surface area contributed by atoms with Gasteiger partial charge < -0.3 is 14.8 Å². The summed E-state index contributed by atoms with van der Waals surface area (Å²) in [7, 11) is 0. The minimum Gasteiger partial charge on any atom is -0.492 e. The van der Waals surface area contributed by atoms with Crippen molar-refractivity contribution in [3.05, 3.63) is 59.4 Å². The molecule has 1 atom stereocenters. The Morgan fingerprint density at radius 1 is 1.29 bits per heavy atom. The van der Waals surface area contributed by atoms with Crippen LogP contribution in [0.25, 0.3) is 5.69 Å². The van der Waals surface area contributed by atoms with Crippen molar-refractivity contribution in [2.75, 3.05) is 11.9 Å². The molecule has 0 fully saturated rings. The van der Waals surface area contributed by atoms with Crippen LogP contribution in [0.3, 0.4) is 0 Å². The van der Waals surface area contributed by atoms with Gasteiger partial charge in [0.05, 0.1) is 23.7 Å². The number of aromatic nitrogens is 3. The maximum absolute atomic E-state index is 12.9. The second kappa shape index (κ2) is 7.34. The summed E-state index contributed by atoms with van der Waals surface area (Å²) in [6.07, 6.45) is 0.942. The van der Waals surface area contributed by atoms with Crippen LogP contribution in [0.4, 0.5) is 5.69 Å². The molecule has 1 aromatic heterocycles. The quantitative estimate of drug-likeness (QED) is 0.735. The molecular formula is C21H22N4O3. The fourth-order valence-corrected chi connectivity index (χ4v) is 3.26. The zero-order valence-corrected chi connectivity index (χ0v) is 16.1. The standard InChI is InChI=1S/C21H22N4O3/c1-4-27-19-11-15-10-13(2)28-18(15)12-17(19)22-21(26)20-14(3)23-25(24-20)16-8-6-5-7-9-16/h5-9,11-13H,4,10H2,1-3H3,(H,22,26)/t13-/m0/s1. The highest BCUT2D eigenvalue weighted by Gasteiger charge is 2.24. The molecule has 1 aliphatic heterocycles. The number of amides is 1. The number of ether oxygens (including phenoxy) is 2. The number of carbonyl (C=O) groups excluding carboxylic acids is 1.